The SMILES string of the molecule is CC(=O)C1CCC(NS(=O)(=O)c2ccc(C)cc2)CC1. The molecule has 0 bridgehead atoms. The summed E-state index contributed by atoms with van der Waals surface area (Å²) >= 11 is 0. The molecule has 1 aliphatic carbocycles. The number of aryl methyl sites for hydroxylation is 1. The summed E-state index contributed by atoms with van der Waals surface area (Å²) in [6, 6.07) is 6.78. The Kier molecular flexibility index (Phi) is 4.60. The van der Waals surface area contributed by atoms with Crippen molar-refractivity contribution in [3.05, 3.63) is 29.8 Å². The van der Waals surface area contributed by atoms with E-state index < -0.39 is 10.0 Å². The maximum absolute atomic E-state index is 12.2. The van der Waals surface area contributed by atoms with Gasteiger partial charge >= 0.3 is 0 Å². The maximum Gasteiger partial charge on any atom is 0.240 e. The number of sulfonamides is 1. The number of carbonyl (C=O) groups excluding carboxylic acids is 1. The number of rotatable bonds is 4. The molecule has 1 aliphatic rings. The summed E-state index contributed by atoms with van der Waals surface area (Å²) in [7, 11) is -3.45. The fraction of sp³-hybridized carbons (Fsp3) is 0.533. The molecule has 0 amide bonds. The smallest absolute Gasteiger partial charge is 0.240 e. The molecule has 0 aromatic heterocycles. The minimum absolute atomic E-state index is 0.0584. The van der Waals surface area contributed by atoms with Gasteiger partial charge in [-0.25, -0.2) is 13.1 Å². The standard InChI is InChI=1S/C15H21NO3S/c1-11-3-9-15(10-4-11)20(18,19)16-14-7-5-13(6-8-14)12(2)17/h3-4,9-10,13-14,16H,5-8H2,1-2H3. The molecule has 20 heavy (non-hydrogen) atoms. The molecule has 1 aromatic rings. The van der Waals surface area contributed by atoms with E-state index in [2.05, 4.69) is 4.72 Å². The molecule has 0 saturated heterocycles. The number of hydrogen-bond donors (Lipinski definition) is 1. The van der Waals surface area contributed by atoms with Gasteiger partial charge in [-0.2, -0.15) is 0 Å². The van der Waals surface area contributed by atoms with Gasteiger partial charge in [-0.05, 0) is 51.7 Å². The number of Topliss-reactive ketones (excluding diaryl/α,β-unsaturated/α-hetero) is 1. The number of hydrogen-bond acceptors (Lipinski definition) is 3. The van der Waals surface area contributed by atoms with Gasteiger partial charge in [0.25, 0.3) is 0 Å². The van der Waals surface area contributed by atoms with E-state index >= 15 is 0 Å². The van der Waals surface area contributed by atoms with Crippen molar-refractivity contribution in [1.29, 1.82) is 0 Å². The quantitative estimate of drug-likeness (QED) is 0.928. The molecule has 1 saturated carbocycles. The van der Waals surface area contributed by atoms with Crippen molar-refractivity contribution in [1.82, 2.24) is 4.72 Å². The first kappa shape index (κ1) is 15.2. The Morgan fingerprint density at radius 3 is 2.15 bits per heavy atom. The second kappa shape index (κ2) is 6.06. The lowest BCUT2D eigenvalue weighted by molar-refractivity contribution is -0.121. The topological polar surface area (TPSA) is 63.2 Å². The van der Waals surface area contributed by atoms with Crippen LogP contribution in [0.5, 0.6) is 0 Å². The van der Waals surface area contributed by atoms with E-state index in [9.17, 15) is 13.2 Å². The van der Waals surface area contributed by atoms with Crippen LogP contribution in [0.3, 0.4) is 0 Å². The fourth-order valence-electron chi connectivity index (χ4n) is 2.62. The second-order valence-electron chi connectivity index (χ2n) is 5.59. The summed E-state index contributed by atoms with van der Waals surface area (Å²) < 4.78 is 27.2. The normalized spacial score (nSPS) is 23.5. The van der Waals surface area contributed by atoms with Crippen molar-refractivity contribution in [2.24, 2.45) is 5.92 Å². The summed E-state index contributed by atoms with van der Waals surface area (Å²) in [5.74, 6) is 0.319. The monoisotopic (exact) mass is 295 g/mol. The van der Waals surface area contributed by atoms with Gasteiger partial charge in [-0.1, -0.05) is 17.7 Å². The van der Waals surface area contributed by atoms with Crippen LogP contribution < -0.4 is 4.72 Å². The Morgan fingerprint density at radius 2 is 1.65 bits per heavy atom. The molecule has 0 unspecified atom stereocenters. The molecule has 1 aromatic carbocycles. The van der Waals surface area contributed by atoms with Crippen molar-refractivity contribution in [2.45, 2.75) is 50.5 Å². The van der Waals surface area contributed by atoms with Gasteiger partial charge in [0.15, 0.2) is 0 Å². The predicted octanol–water partition coefficient (Wildman–Crippen LogP) is 2.42. The third-order valence-electron chi connectivity index (χ3n) is 3.96. The van der Waals surface area contributed by atoms with Gasteiger partial charge in [-0.3, -0.25) is 4.79 Å². The molecule has 0 spiro atoms. The summed E-state index contributed by atoms with van der Waals surface area (Å²) in [6.45, 7) is 3.54. The van der Waals surface area contributed by atoms with Crippen LogP contribution in [0.15, 0.2) is 29.2 Å². The summed E-state index contributed by atoms with van der Waals surface area (Å²) in [6.07, 6.45) is 3.01. The van der Waals surface area contributed by atoms with Gasteiger partial charge in [-0.15, -0.1) is 0 Å². The van der Waals surface area contributed by atoms with Gasteiger partial charge in [0.2, 0.25) is 10.0 Å². The molecule has 1 fully saturated rings. The first-order valence-corrected chi connectivity index (χ1v) is 8.46. The molecular formula is C15H21NO3S. The average Bonchev–Trinajstić information content (AvgIpc) is 2.39. The molecule has 0 radical (unpaired) electrons. The number of nitrogens with one attached hydrogen (secondary N) is 1. The van der Waals surface area contributed by atoms with Crippen molar-refractivity contribution in [3.63, 3.8) is 0 Å². The van der Waals surface area contributed by atoms with E-state index in [0.29, 0.717) is 4.90 Å². The lowest BCUT2D eigenvalue weighted by Gasteiger charge is -2.27. The van der Waals surface area contributed by atoms with E-state index in [1.807, 2.05) is 6.92 Å². The van der Waals surface area contributed by atoms with Crippen molar-refractivity contribution < 1.29 is 13.2 Å². The molecule has 2 rings (SSSR count). The molecule has 0 atom stereocenters. The van der Waals surface area contributed by atoms with E-state index in [-0.39, 0.29) is 17.7 Å². The highest BCUT2D eigenvalue weighted by molar-refractivity contribution is 7.89. The lowest BCUT2D eigenvalue weighted by atomic mass is 9.84. The van der Waals surface area contributed by atoms with Gasteiger partial charge < -0.3 is 0 Å². The molecule has 1 N–H and O–H groups in total. The third kappa shape index (κ3) is 3.67. The van der Waals surface area contributed by atoms with Crippen LogP contribution in [0.4, 0.5) is 0 Å². The van der Waals surface area contributed by atoms with Crippen molar-refractivity contribution >= 4 is 15.8 Å². The predicted molar refractivity (Wildman–Crippen MR) is 77.9 cm³/mol. The zero-order chi connectivity index (χ0) is 14.8. The minimum Gasteiger partial charge on any atom is -0.300 e. The average molecular weight is 295 g/mol. The van der Waals surface area contributed by atoms with E-state index in [0.717, 1.165) is 31.2 Å². The van der Waals surface area contributed by atoms with Crippen LogP contribution in [0.25, 0.3) is 0 Å². The molecular weight excluding hydrogens is 274 g/mol. The molecule has 0 heterocycles. The Morgan fingerprint density at radius 1 is 1.10 bits per heavy atom. The van der Waals surface area contributed by atoms with Crippen LogP contribution in [0.1, 0.15) is 38.2 Å². The summed E-state index contributed by atoms with van der Waals surface area (Å²) in [5, 5.41) is 0. The third-order valence-corrected chi connectivity index (χ3v) is 5.49. The number of ketones is 1. The molecule has 4 nitrogen and oxygen atoms in total. The van der Waals surface area contributed by atoms with Gasteiger partial charge in [0, 0.05) is 12.0 Å². The zero-order valence-electron chi connectivity index (χ0n) is 11.9. The van der Waals surface area contributed by atoms with Crippen LogP contribution in [-0.2, 0) is 14.8 Å². The lowest BCUT2D eigenvalue weighted by Crippen LogP contribution is -2.38. The zero-order valence-corrected chi connectivity index (χ0v) is 12.7. The first-order chi connectivity index (χ1) is 9.38. The molecule has 110 valence electrons. The molecule has 5 heteroatoms. The van der Waals surface area contributed by atoms with E-state index in [1.165, 1.54) is 0 Å². The Labute approximate surface area is 120 Å². The second-order valence-corrected chi connectivity index (χ2v) is 7.31. The highest BCUT2D eigenvalue weighted by atomic mass is 32.2. The highest BCUT2D eigenvalue weighted by Crippen LogP contribution is 2.26. The number of benzene rings is 1. The van der Waals surface area contributed by atoms with Crippen LogP contribution >= 0.6 is 0 Å². The summed E-state index contributed by atoms with van der Waals surface area (Å²) in [5.41, 5.74) is 1.03. The Bertz CT molecular complexity index is 570. The van der Waals surface area contributed by atoms with E-state index in [4.69, 9.17) is 0 Å². The van der Waals surface area contributed by atoms with Crippen LogP contribution in [0.2, 0.25) is 0 Å². The largest absolute Gasteiger partial charge is 0.300 e. The van der Waals surface area contributed by atoms with Gasteiger partial charge in [0.05, 0.1) is 4.90 Å². The molecule has 0 aliphatic heterocycles. The Balaban J connectivity index is 2.00. The maximum atomic E-state index is 12.2. The first-order valence-electron chi connectivity index (χ1n) is 6.98. The van der Waals surface area contributed by atoms with Crippen molar-refractivity contribution in [2.75, 3.05) is 0 Å². The van der Waals surface area contributed by atoms with Gasteiger partial charge in [0.1, 0.15) is 5.78 Å². The number of carbonyl (C=O) groups is 1. The minimum atomic E-state index is -3.45. The van der Waals surface area contributed by atoms with E-state index in [1.54, 1.807) is 31.2 Å². The van der Waals surface area contributed by atoms with Crippen molar-refractivity contribution in [3.8, 4) is 0 Å². The fourth-order valence-corrected chi connectivity index (χ4v) is 3.93. The summed E-state index contributed by atoms with van der Waals surface area (Å²) in [4.78, 5) is 11.6. The Hall–Kier alpha value is -1.20. The highest BCUT2D eigenvalue weighted by Gasteiger charge is 2.27. The van der Waals surface area contributed by atoms with Crippen LogP contribution in [0, 0.1) is 12.8 Å². The van der Waals surface area contributed by atoms with Crippen LogP contribution in [-0.4, -0.2) is 20.2 Å².